The Morgan fingerprint density at radius 1 is 1.24 bits per heavy atom. The molecule has 0 unspecified atom stereocenters. The van der Waals surface area contributed by atoms with Gasteiger partial charge in [0.1, 0.15) is 5.82 Å². The Balaban J connectivity index is 2.85. The number of rotatable bonds is 3. The van der Waals surface area contributed by atoms with Gasteiger partial charge in [-0.05, 0) is 50.9 Å². The fraction of sp³-hybridized carbons (Fsp3) is 0.600. The van der Waals surface area contributed by atoms with E-state index < -0.39 is 0 Å². The minimum atomic E-state index is -0.0835. The summed E-state index contributed by atoms with van der Waals surface area (Å²) in [7, 11) is 2.06. The van der Waals surface area contributed by atoms with E-state index in [0.29, 0.717) is 0 Å². The molecule has 0 radical (unpaired) electrons. The van der Waals surface area contributed by atoms with Crippen LogP contribution >= 0.6 is 0 Å². The molecule has 0 N–H and O–H groups in total. The molecule has 0 aliphatic carbocycles. The van der Waals surface area contributed by atoms with Crippen LogP contribution in [0, 0.1) is 5.82 Å². The molecule has 1 aromatic carbocycles. The van der Waals surface area contributed by atoms with Crippen LogP contribution in [0.25, 0.3) is 0 Å². The van der Waals surface area contributed by atoms with Gasteiger partial charge in [-0.3, -0.25) is 4.90 Å². The van der Waals surface area contributed by atoms with Gasteiger partial charge in [0.15, 0.2) is 0 Å². The van der Waals surface area contributed by atoms with Gasteiger partial charge in [0.25, 0.3) is 0 Å². The zero-order valence-corrected chi connectivity index (χ0v) is 11.8. The Kier molecular flexibility index (Phi) is 4.31. The van der Waals surface area contributed by atoms with Crippen molar-refractivity contribution in [3.8, 4) is 0 Å². The topological polar surface area (TPSA) is 3.24 Å². The van der Waals surface area contributed by atoms with E-state index >= 15 is 0 Å². The number of nitrogens with zero attached hydrogens (tertiary/aromatic N) is 1. The molecule has 0 spiro atoms. The lowest BCUT2D eigenvalue weighted by molar-refractivity contribution is 0.167. The van der Waals surface area contributed by atoms with Crippen molar-refractivity contribution in [2.75, 3.05) is 7.05 Å². The lowest BCUT2D eigenvalue weighted by Crippen LogP contribution is -2.37. The summed E-state index contributed by atoms with van der Waals surface area (Å²) in [6, 6.07) is 5.60. The molecule has 0 fully saturated rings. The molecule has 1 rings (SSSR count). The Hall–Kier alpha value is -0.890. The van der Waals surface area contributed by atoms with Gasteiger partial charge in [-0.1, -0.05) is 26.0 Å². The van der Waals surface area contributed by atoms with Crippen molar-refractivity contribution in [2.24, 2.45) is 0 Å². The van der Waals surface area contributed by atoms with Gasteiger partial charge in [-0.15, -0.1) is 0 Å². The molecular weight excluding hydrogens is 213 g/mol. The molecule has 0 bridgehead atoms. The maximum Gasteiger partial charge on any atom is 0.126 e. The van der Waals surface area contributed by atoms with E-state index in [1.807, 2.05) is 26.0 Å². The van der Waals surface area contributed by atoms with E-state index in [4.69, 9.17) is 0 Å². The zero-order valence-electron chi connectivity index (χ0n) is 11.8. The Morgan fingerprint density at radius 2 is 1.82 bits per heavy atom. The molecule has 0 saturated carbocycles. The smallest absolute Gasteiger partial charge is 0.126 e. The van der Waals surface area contributed by atoms with Crippen LogP contribution in [0.1, 0.15) is 51.7 Å². The Labute approximate surface area is 105 Å². The molecule has 0 aliphatic heterocycles. The normalized spacial score (nSPS) is 12.5. The first-order valence-electron chi connectivity index (χ1n) is 6.21. The van der Waals surface area contributed by atoms with Crippen molar-refractivity contribution >= 4 is 0 Å². The van der Waals surface area contributed by atoms with Crippen LogP contribution in [0.3, 0.4) is 0 Å². The summed E-state index contributed by atoms with van der Waals surface area (Å²) in [6.45, 7) is 11.3. The fourth-order valence-corrected chi connectivity index (χ4v) is 1.65. The first kappa shape index (κ1) is 14.2. The average Bonchev–Trinajstić information content (AvgIpc) is 2.15. The number of halogens is 1. The van der Waals surface area contributed by atoms with Gasteiger partial charge in [0.2, 0.25) is 0 Å². The summed E-state index contributed by atoms with van der Waals surface area (Å²) in [6.07, 6.45) is 0. The van der Waals surface area contributed by atoms with Crippen LogP contribution in [0.4, 0.5) is 4.39 Å². The van der Waals surface area contributed by atoms with Gasteiger partial charge < -0.3 is 0 Å². The molecular formula is C15H24FN. The van der Waals surface area contributed by atoms with Crippen LogP contribution in [-0.4, -0.2) is 17.5 Å². The number of hydrogen-bond donors (Lipinski definition) is 0. The SMILES string of the molecule is CC(C)c1ccc(CN(C)C(C)(C)C)cc1F. The third-order valence-corrected chi connectivity index (χ3v) is 3.25. The number of hydrogen-bond acceptors (Lipinski definition) is 1. The number of benzene rings is 1. The van der Waals surface area contributed by atoms with E-state index in [9.17, 15) is 4.39 Å². The molecule has 0 amide bonds. The fourth-order valence-electron chi connectivity index (χ4n) is 1.65. The van der Waals surface area contributed by atoms with E-state index in [0.717, 1.165) is 17.7 Å². The molecule has 1 nitrogen and oxygen atoms in total. The highest BCUT2D eigenvalue weighted by Crippen LogP contribution is 2.21. The van der Waals surface area contributed by atoms with Crippen molar-refractivity contribution in [1.82, 2.24) is 4.90 Å². The summed E-state index contributed by atoms with van der Waals surface area (Å²) >= 11 is 0. The lowest BCUT2D eigenvalue weighted by Gasteiger charge is -2.32. The van der Waals surface area contributed by atoms with Crippen molar-refractivity contribution in [3.63, 3.8) is 0 Å². The van der Waals surface area contributed by atoms with Crippen LogP contribution in [-0.2, 0) is 6.54 Å². The second kappa shape index (κ2) is 5.18. The maximum absolute atomic E-state index is 13.8. The highest BCUT2D eigenvalue weighted by Gasteiger charge is 2.17. The minimum absolute atomic E-state index is 0.0835. The third-order valence-electron chi connectivity index (χ3n) is 3.25. The Bertz CT molecular complexity index is 377. The monoisotopic (exact) mass is 237 g/mol. The summed E-state index contributed by atoms with van der Waals surface area (Å²) in [5, 5.41) is 0. The molecule has 96 valence electrons. The largest absolute Gasteiger partial charge is 0.297 e. The molecule has 0 atom stereocenters. The predicted octanol–water partition coefficient (Wildman–Crippen LogP) is 4.18. The Morgan fingerprint density at radius 3 is 2.24 bits per heavy atom. The summed E-state index contributed by atoms with van der Waals surface area (Å²) in [5.74, 6) is 0.157. The second-order valence-electron chi connectivity index (χ2n) is 6.04. The van der Waals surface area contributed by atoms with E-state index in [1.165, 1.54) is 0 Å². The average molecular weight is 237 g/mol. The second-order valence-corrected chi connectivity index (χ2v) is 6.04. The van der Waals surface area contributed by atoms with E-state index in [-0.39, 0.29) is 17.3 Å². The van der Waals surface area contributed by atoms with Crippen molar-refractivity contribution < 1.29 is 4.39 Å². The molecule has 0 heterocycles. The van der Waals surface area contributed by atoms with Crippen LogP contribution < -0.4 is 0 Å². The van der Waals surface area contributed by atoms with Crippen molar-refractivity contribution in [2.45, 2.75) is 52.6 Å². The standard InChI is InChI=1S/C15H24FN/c1-11(2)13-8-7-12(9-14(13)16)10-17(6)15(3,4)5/h7-9,11H,10H2,1-6H3. The van der Waals surface area contributed by atoms with Gasteiger partial charge in [0.05, 0.1) is 0 Å². The quantitative estimate of drug-likeness (QED) is 0.762. The summed E-state index contributed by atoms with van der Waals surface area (Å²) in [4.78, 5) is 2.22. The zero-order chi connectivity index (χ0) is 13.2. The van der Waals surface area contributed by atoms with Crippen molar-refractivity contribution in [1.29, 1.82) is 0 Å². The van der Waals surface area contributed by atoms with Gasteiger partial charge in [0, 0.05) is 12.1 Å². The van der Waals surface area contributed by atoms with E-state index in [1.54, 1.807) is 6.07 Å². The first-order valence-corrected chi connectivity index (χ1v) is 6.21. The van der Waals surface area contributed by atoms with Crippen LogP contribution in [0.5, 0.6) is 0 Å². The van der Waals surface area contributed by atoms with Crippen LogP contribution in [0.15, 0.2) is 18.2 Å². The molecule has 0 aromatic heterocycles. The predicted molar refractivity (Wildman–Crippen MR) is 71.7 cm³/mol. The van der Waals surface area contributed by atoms with Gasteiger partial charge in [-0.25, -0.2) is 4.39 Å². The van der Waals surface area contributed by atoms with Gasteiger partial charge >= 0.3 is 0 Å². The highest BCUT2D eigenvalue weighted by molar-refractivity contribution is 5.26. The van der Waals surface area contributed by atoms with E-state index in [2.05, 4.69) is 32.7 Å². The molecule has 0 saturated heterocycles. The molecule has 0 aliphatic rings. The third kappa shape index (κ3) is 3.81. The highest BCUT2D eigenvalue weighted by atomic mass is 19.1. The molecule has 17 heavy (non-hydrogen) atoms. The first-order chi connectivity index (χ1) is 7.71. The van der Waals surface area contributed by atoms with Crippen LogP contribution in [0.2, 0.25) is 0 Å². The molecule has 1 aromatic rings. The van der Waals surface area contributed by atoms with Gasteiger partial charge in [-0.2, -0.15) is 0 Å². The maximum atomic E-state index is 13.8. The summed E-state index contributed by atoms with van der Waals surface area (Å²) < 4.78 is 13.8. The van der Waals surface area contributed by atoms with Crippen molar-refractivity contribution in [3.05, 3.63) is 35.1 Å². The molecule has 2 heteroatoms. The minimum Gasteiger partial charge on any atom is -0.297 e. The lowest BCUT2D eigenvalue weighted by atomic mass is 10.00. The summed E-state index contributed by atoms with van der Waals surface area (Å²) in [5.41, 5.74) is 1.93.